The van der Waals surface area contributed by atoms with Crippen LogP contribution < -0.4 is 5.32 Å². The Labute approximate surface area is 172 Å². The molecule has 9 heteroatoms. The molecule has 0 bridgehead atoms. The molecule has 0 radical (unpaired) electrons. The van der Waals surface area contributed by atoms with Gasteiger partial charge in [-0.25, -0.2) is 4.79 Å². The third kappa shape index (κ3) is 4.10. The summed E-state index contributed by atoms with van der Waals surface area (Å²) in [4.78, 5) is 24.9. The molecule has 4 rings (SSSR count). The molecule has 0 aromatic carbocycles. The molecule has 2 saturated carbocycles. The van der Waals surface area contributed by atoms with Gasteiger partial charge < -0.3 is 14.6 Å². The Kier molecular flexibility index (Phi) is 5.73. The predicted molar refractivity (Wildman–Crippen MR) is 109 cm³/mol. The lowest BCUT2D eigenvalue weighted by Crippen LogP contribution is -2.17. The minimum atomic E-state index is -0.353. The van der Waals surface area contributed by atoms with E-state index in [1.54, 1.807) is 6.92 Å². The van der Waals surface area contributed by atoms with Gasteiger partial charge in [0, 0.05) is 12.5 Å². The van der Waals surface area contributed by atoms with Crippen LogP contribution in [-0.2, 0) is 16.1 Å². The molecule has 2 fully saturated rings. The molecule has 0 atom stereocenters. The molecule has 2 aliphatic rings. The number of nitrogens with one attached hydrogen (secondary N) is 1. The molecule has 0 unspecified atom stereocenters. The summed E-state index contributed by atoms with van der Waals surface area (Å²) >= 11 is 2.78. The molecule has 7 nitrogen and oxygen atoms in total. The van der Waals surface area contributed by atoms with Crippen LogP contribution >= 0.6 is 23.1 Å². The van der Waals surface area contributed by atoms with Crippen molar-refractivity contribution < 1.29 is 14.3 Å². The number of amides is 1. The van der Waals surface area contributed by atoms with E-state index in [9.17, 15) is 9.59 Å². The monoisotopic (exact) mass is 420 g/mol. The summed E-state index contributed by atoms with van der Waals surface area (Å²) in [7, 11) is 0. The fourth-order valence-electron chi connectivity index (χ4n) is 3.21. The molecule has 0 aliphatic heterocycles. The SMILES string of the molecule is CCOC(=O)c1c(C2CC2)csc1NC(=O)CSc1nnc(C2CC2)n1CC. The smallest absolute Gasteiger partial charge is 0.341 e. The van der Waals surface area contributed by atoms with Crippen molar-refractivity contribution in [3.05, 3.63) is 22.3 Å². The fraction of sp³-hybridized carbons (Fsp3) is 0.579. The topological polar surface area (TPSA) is 86.1 Å². The number of hydrogen-bond donors (Lipinski definition) is 1. The number of carbonyl (C=O) groups is 2. The standard InChI is InChI=1S/C19H24N4O3S2/c1-3-23-16(12-7-8-12)21-22-19(23)28-10-14(24)20-17-15(18(25)26-4-2)13(9-27-17)11-5-6-11/h9,11-12H,3-8,10H2,1-2H3,(H,20,24). The lowest BCUT2D eigenvalue weighted by atomic mass is 10.1. The van der Waals surface area contributed by atoms with Crippen molar-refractivity contribution in [2.45, 2.75) is 63.1 Å². The second-order valence-electron chi connectivity index (χ2n) is 7.09. The number of hydrogen-bond acceptors (Lipinski definition) is 7. The number of thioether (sulfide) groups is 1. The van der Waals surface area contributed by atoms with Crippen LogP contribution in [0.1, 0.15) is 73.1 Å². The Balaban J connectivity index is 1.42. The van der Waals surface area contributed by atoms with Crippen molar-refractivity contribution in [3.8, 4) is 0 Å². The molecule has 2 aromatic heterocycles. The van der Waals surface area contributed by atoms with Crippen LogP contribution in [0.5, 0.6) is 0 Å². The maximum atomic E-state index is 12.5. The lowest BCUT2D eigenvalue weighted by molar-refractivity contribution is -0.113. The zero-order chi connectivity index (χ0) is 19.7. The molecule has 2 aromatic rings. The largest absolute Gasteiger partial charge is 0.462 e. The summed E-state index contributed by atoms with van der Waals surface area (Å²) in [6.45, 7) is 4.97. The van der Waals surface area contributed by atoms with Gasteiger partial charge in [0.25, 0.3) is 0 Å². The molecule has 0 spiro atoms. The highest BCUT2D eigenvalue weighted by molar-refractivity contribution is 7.99. The average Bonchev–Trinajstić information content (AvgIpc) is 3.61. The zero-order valence-electron chi connectivity index (χ0n) is 16.1. The highest BCUT2D eigenvalue weighted by atomic mass is 32.2. The normalized spacial score (nSPS) is 16.2. The number of nitrogens with zero attached hydrogens (tertiary/aromatic N) is 3. The van der Waals surface area contributed by atoms with E-state index in [1.807, 2.05) is 5.38 Å². The number of rotatable bonds is 9. The molecule has 2 aliphatic carbocycles. The predicted octanol–water partition coefficient (Wildman–Crippen LogP) is 4.02. The van der Waals surface area contributed by atoms with E-state index >= 15 is 0 Å². The van der Waals surface area contributed by atoms with E-state index < -0.39 is 0 Å². The number of esters is 1. The van der Waals surface area contributed by atoms with E-state index in [-0.39, 0.29) is 17.6 Å². The van der Waals surface area contributed by atoms with Gasteiger partial charge in [-0.15, -0.1) is 21.5 Å². The highest BCUT2D eigenvalue weighted by Gasteiger charge is 2.33. The fourth-order valence-corrected chi connectivity index (χ4v) is 5.07. The van der Waals surface area contributed by atoms with Crippen LogP contribution in [0.25, 0.3) is 0 Å². The van der Waals surface area contributed by atoms with Crippen molar-refractivity contribution >= 4 is 40.0 Å². The first-order chi connectivity index (χ1) is 13.6. The van der Waals surface area contributed by atoms with Crippen molar-refractivity contribution in [3.63, 3.8) is 0 Å². The van der Waals surface area contributed by atoms with E-state index in [0.717, 1.165) is 35.9 Å². The first kappa shape index (κ1) is 19.4. The van der Waals surface area contributed by atoms with Crippen LogP contribution in [-0.4, -0.2) is 39.0 Å². The van der Waals surface area contributed by atoms with E-state index in [2.05, 4.69) is 27.0 Å². The maximum absolute atomic E-state index is 12.5. The lowest BCUT2D eigenvalue weighted by Gasteiger charge is -2.09. The number of thiophene rings is 1. The number of anilines is 1. The van der Waals surface area contributed by atoms with Crippen molar-refractivity contribution in [1.29, 1.82) is 0 Å². The van der Waals surface area contributed by atoms with Crippen molar-refractivity contribution in [2.75, 3.05) is 17.7 Å². The van der Waals surface area contributed by atoms with E-state index in [4.69, 9.17) is 4.74 Å². The third-order valence-corrected chi connectivity index (χ3v) is 6.79. The van der Waals surface area contributed by atoms with E-state index in [0.29, 0.717) is 29.0 Å². The molecule has 28 heavy (non-hydrogen) atoms. The highest BCUT2D eigenvalue weighted by Crippen LogP contribution is 2.46. The van der Waals surface area contributed by atoms with Gasteiger partial charge in [-0.05, 0) is 56.4 Å². The zero-order valence-corrected chi connectivity index (χ0v) is 17.7. The minimum absolute atomic E-state index is 0.154. The van der Waals surface area contributed by atoms with Gasteiger partial charge in [0.2, 0.25) is 5.91 Å². The first-order valence-electron chi connectivity index (χ1n) is 9.76. The molecule has 150 valence electrons. The van der Waals surface area contributed by atoms with Crippen LogP contribution in [0, 0.1) is 0 Å². The summed E-state index contributed by atoms with van der Waals surface area (Å²) < 4.78 is 7.30. The summed E-state index contributed by atoms with van der Waals surface area (Å²) in [5, 5.41) is 14.8. The summed E-state index contributed by atoms with van der Waals surface area (Å²) in [5.74, 6) is 1.69. The Bertz CT molecular complexity index is 884. The Morgan fingerprint density at radius 2 is 2.00 bits per heavy atom. The average molecular weight is 421 g/mol. The molecule has 0 saturated heterocycles. The molecule has 1 amide bonds. The van der Waals surface area contributed by atoms with Crippen molar-refractivity contribution in [1.82, 2.24) is 14.8 Å². The summed E-state index contributed by atoms with van der Waals surface area (Å²) in [5.41, 5.74) is 1.53. The van der Waals surface area contributed by atoms with Crippen LogP contribution in [0.15, 0.2) is 10.5 Å². The Hall–Kier alpha value is -1.87. The maximum Gasteiger partial charge on any atom is 0.341 e. The van der Waals surface area contributed by atoms with Crippen molar-refractivity contribution in [2.24, 2.45) is 0 Å². The second kappa shape index (κ2) is 8.24. The quantitative estimate of drug-likeness (QED) is 0.487. The number of carbonyl (C=O) groups excluding carboxylic acids is 2. The summed E-state index contributed by atoms with van der Waals surface area (Å²) in [6, 6.07) is 0. The van der Waals surface area contributed by atoms with Crippen LogP contribution in [0.3, 0.4) is 0 Å². The van der Waals surface area contributed by atoms with Gasteiger partial charge in [0.05, 0.1) is 17.9 Å². The molecule has 2 heterocycles. The second-order valence-corrected chi connectivity index (χ2v) is 8.91. The first-order valence-corrected chi connectivity index (χ1v) is 11.6. The number of ether oxygens (including phenoxy) is 1. The van der Waals surface area contributed by atoms with Gasteiger partial charge >= 0.3 is 5.97 Å². The molecular formula is C19H24N4O3S2. The summed E-state index contributed by atoms with van der Waals surface area (Å²) in [6.07, 6.45) is 4.51. The van der Waals surface area contributed by atoms with Gasteiger partial charge in [-0.2, -0.15) is 0 Å². The van der Waals surface area contributed by atoms with Crippen LogP contribution in [0.4, 0.5) is 5.00 Å². The van der Waals surface area contributed by atoms with Gasteiger partial charge in [-0.1, -0.05) is 11.8 Å². The minimum Gasteiger partial charge on any atom is -0.462 e. The molecular weight excluding hydrogens is 396 g/mol. The Morgan fingerprint density at radius 1 is 1.25 bits per heavy atom. The van der Waals surface area contributed by atoms with Gasteiger partial charge in [-0.3, -0.25) is 4.79 Å². The van der Waals surface area contributed by atoms with Crippen LogP contribution in [0.2, 0.25) is 0 Å². The van der Waals surface area contributed by atoms with E-state index in [1.165, 1.54) is 35.9 Å². The van der Waals surface area contributed by atoms with Gasteiger partial charge in [0.1, 0.15) is 10.8 Å². The number of aromatic nitrogens is 3. The Morgan fingerprint density at radius 3 is 2.64 bits per heavy atom. The molecule has 1 N–H and O–H groups in total. The van der Waals surface area contributed by atoms with Gasteiger partial charge in [0.15, 0.2) is 5.16 Å². The third-order valence-electron chi connectivity index (χ3n) is 4.91.